The smallest absolute Gasteiger partial charge is 0.262 e. The lowest BCUT2D eigenvalue weighted by Crippen LogP contribution is -2.48. The Bertz CT molecular complexity index is 933. The van der Waals surface area contributed by atoms with Crippen LogP contribution in [-0.2, 0) is 4.79 Å². The minimum Gasteiger partial charge on any atom is -0.503 e. The van der Waals surface area contributed by atoms with Crippen LogP contribution in [0.1, 0.15) is 36.7 Å². The zero-order valence-corrected chi connectivity index (χ0v) is 17.5. The van der Waals surface area contributed by atoms with Crippen LogP contribution in [0.15, 0.2) is 41.5 Å². The fraction of sp³-hybridized carbons (Fsp3) is 0.286. The van der Waals surface area contributed by atoms with Gasteiger partial charge in [-0.3, -0.25) is 9.59 Å². The summed E-state index contributed by atoms with van der Waals surface area (Å²) in [5, 5.41) is 16.5. The summed E-state index contributed by atoms with van der Waals surface area (Å²) >= 11 is 5.96. The van der Waals surface area contributed by atoms with Crippen molar-refractivity contribution in [2.45, 2.75) is 26.8 Å². The van der Waals surface area contributed by atoms with Crippen LogP contribution in [0.25, 0.3) is 0 Å². The number of hydrogen-bond acceptors (Lipinski definition) is 5. The first kappa shape index (κ1) is 23.2. The summed E-state index contributed by atoms with van der Waals surface area (Å²) in [5.74, 6) is -1.68. The Morgan fingerprint density at radius 3 is 2.53 bits per heavy atom. The average Bonchev–Trinajstić information content (AvgIpc) is 2.70. The normalized spacial score (nSPS) is 12.1. The van der Waals surface area contributed by atoms with Gasteiger partial charge in [-0.05, 0) is 54.8 Å². The van der Waals surface area contributed by atoms with E-state index in [0.717, 1.165) is 0 Å². The first-order valence-electron chi connectivity index (χ1n) is 9.27. The van der Waals surface area contributed by atoms with Crippen LogP contribution in [0.2, 0.25) is 5.02 Å². The molecule has 2 amide bonds. The van der Waals surface area contributed by atoms with Gasteiger partial charge in [-0.2, -0.15) is 5.10 Å². The summed E-state index contributed by atoms with van der Waals surface area (Å²) in [6, 6.07) is 7.14. The van der Waals surface area contributed by atoms with E-state index in [2.05, 4.69) is 15.8 Å². The van der Waals surface area contributed by atoms with Gasteiger partial charge in [-0.15, -0.1) is 0 Å². The third kappa shape index (κ3) is 6.18. The van der Waals surface area contributed by atoms with Gasteiger partial charge in [0, 0.05) is 5.56 Å². The highest BCUT2D eigenvalue weighted by molar-refractivity contribution is 6.32. The lowest BCUT2D eigenvalue weighted by atomic mass is 10.0. The molecule has 0 heterocycles. The predicted molar refractivity (Wildman–Crippen MR) is 113 cm³/mol. The third-order valence-corrected chi connectivity index (χ3v) is 4.37. The van der Waals surface area contributed by atoms with E-state index < -0.39 is 23.7 Å². The highest BCUT2D eigenvalue weighted by atomic mass is 35.5. The molecule has 1 atom stereocenters. The lowest BCUT2D eigenvalue weighted by Gasteiger charge is -2.20. The van der Waals surface area contributed by atoms with Crippen molar-refractivity contribution in [1.82, 2.24) is 10.7 Å². The molecule has 7 nitrogen and oxygen atoms in total. The molecule has 0 aliphatic carbocycles. The second-order valence-corrected chi connectivity index (χ2v) is 7.13. The monoisotopic (exact) mass is 435 g/mol. The molecule has 160 valence electrons. The topological polar surface area (TPSA) is 100 Å². The van der Waals surface area contributed by atoms with Gasteiger partial charge >= 0.3 is 0 Å². The van der Waals surface area contributed by atoms with E-state index in [1.54, 1.807) is 20.8 Å². The molecule has 0 radical (unpaired) electrons. The van der Waals surface area contributed by atoms with E-state index in [4.69, 9.17) is 16.3 Å². The largest absolute Gasteiger partial charge is 0.503 e. The number of carbonyl (C=O) groups excluding carboxylic acids is 2. The Morgan fingerprint density at radius 2 is 1.93 bits per heavy atom. The molecule has 2 aromatic carbocycles. The molecule has 0 aromatic heterocycles. The summed E-state index contributed by atoms with van der Waals surface area (Å²) in [7, 11) is 0. The molecule has 0 aliphatic heterocycles. The number of ether oxygens (including phenoxy) is 1. The van der Waals surface area contributed by atoms with Crippen LogP contribution in [0, 0.1) is 11.7 Å². The second-order valence-electron chi connectivity index (χ2n) is 6.72. The van der Waals surface area contributed by atoms with Gasteiger partial charge < -0.3 is 15.2 Å². The Kier molecular flexibility index (Phi) is 8.17. The van der Waals surface area contributed by atoms with Crippen molar-refractivity contribution in [3.63, 3.8) is 0 Å². The number of rotatable bonds is 8. The molecule has 0 saturated heterocycles. The summed E-state index contributed by atoms with van der Waals surface area (Å²) in [6.07, 6.45) is 1.34. The highest BCUT2D eigenvalue weighted by Gasteiger charge is 2.24. The first-order chi connectivity index (χ1) is 14.2. The molecule has 9 heteroatoms. The Balaban J connectivity index is 2.06. The molecule has 30 heavy (non-hydrogen) atoms. The van der Waals surface area contributed by atoms with Gasteiger partial charge in [-0.1, -0.05) is 25.4 Å². The van der Waals surface area contributed by atoms with E-state index in [1.807, 2.05) is 0 Å². The fourth-order valence-corrected chi connectivity index (χ4v) is 2.75. The maximum Gasteiger partial charge on any atom is 0.262 e. The number of halogens is 2. The van der Waals surface area contributed by atoms with E-state index in [9.17, 15) is 19.1 Å². The molecule has 0 aliphatic rings. The number of phenols is 1. The van der Waals surface area contributed by atoms with Gasteiger partial charge in [0.1, 0.15) is 11.9 Å². The molecular formula is C21H23ClFN3O4. The predicted octanol–water partition coefficient (Wildman–Crippen LogP) is 3.49. The summed E-state index contributed by atoms with van der Waals surface area (Å²) in [4.78, 5) is 24.8. The maximum absolute atomic E-state index is 13.0. The van der Waals surface area contributed by atoms with Crippen LogP contribution in [0.5, 0.6) is 11.5 Å². The number of nitrogens with zero attached hydrogens (tertiary/aromatic N) is 1. The number of hydrogen-bond donors (Lipinski definition) is 3. The zero-order chi connectivity index (χ0) is 22.3. The first-order valence-corrected chi connectivity index (χ1v) is 9.65. The molecule has 0 saturated carbocycles. The third-order valence-electron chi connectivity index (χ3n) is 4.08. The van der Waals surface area contributed by atoms with Gasteiger partial charge in [-0.25, -0.2) is 9.82 Å². The zero-order valence-electron chi connectivity index (χ0n) is 16.8. The Morgan fingerprint density at radius 1 is 1.27 bits per heavy atom. The minimum atomic E-state index is -0.859. The minimum absolute atomic E-state index is 0.0837. The number of amides is 2. The van der Waals surface area contributed by atoms with Crippen molar-refractivity contribution in [3.05, 3.63) is 58.4 Å². The van der Waals surface area contributed by atoms with Gasteiger partial charge in [0.25, 0.3) is 11.8 Å². The second kappa shape index (κ2) is 10.6. The van der Waals surface area contributed by atoms with Gasteiger partial charge in [0.05, 0.1) is 17.8 Å². The number of carbonyl (C=O) groups is 2. The summed E-state index contributed by atoms with van der Waals surface area (Å²) < 4.78 is 18.3. The van der Waals surface area contributed by atoms with Crippen LogP contribution in [0.3, 0.4) is 0 Å². The quantitative estimate of drug-likeness (QED) is 0.436. The van der Waals surface area contributed by atoms with Crippen molar-refractivity contribution in [3.8, 4) is 11.5 Å². The highest BCUT2D eigenvalue weighted by Crippen LogP contribution is 2.34. The van der Waals surface area contributed by atoms with E-state index in [-0.39, 0.29) is 28.0 Å². The maximum atomic E-state index is 13.0. The van der Waals surface area contributed by atoms with Crippen molar-refractivity contribution < 1.29 is 23.8 Å². The van der Waals surface area contributed by atoms with E-state index in [1.165, 1.54) is 42.6 Å². The molecular weight excluding hydrogens is 413 g/mol. The lowest BCUT2D eigenvalue weighted by molar-refractivity contribution is -0.123. The summed E-state index contributed by atoms with van der Waals surface area (Å²) in [5.41, 5.74) is 3.11. The van der Waals surface area contributed by atoms with Crippen molar-refractivity contribution in [2.75, 3.05) is 6.61 Å². The number of aromatic hydroxyl groups is 1. The van der Waals surface area contributed by atoms with Crippen molar-refractivity contribution in [1.29, 1.82) is 0 Å². The number of hydrazone groups is 1. The summed E-state index contributed by atoms with van der Waals surface area (Å²) in [6.45, 7) is 5.64. The molecule has 0 fully saturated rings. The SMILES string of the molecule is CCOc1cc(C=NNC(=O)C(NC(=O)c2ccc(F)cc2)C(C)C)cc(Cl)c1O. The van der Waals surface area contributed by atoms with Crippen molar-refractivity contribution >= 4 is 29.6 Å². The van der Waals surface area contributed by atoms with Crippen LogP contribution in [-0.4, -0.2) is 35.8 Å². The standard InChI is InChI=1S/C21H23ClFN3O4/c1-4-30-17-10-13(9-16(22)19(17)27)11-24-26-21(29)18(12(2)3)25-20(28)14-5-7-15(23)8-6-14/h5-12,18,27H,4H2,1-3H3,(H,25,28)(H,26,29). The van der Waals surface area contributed by atoms with Gasteiger partial charge in [0.15, 0.2) is 11.5 Å². The van der Waals surface area contributed by atoms with Crippen molar-refractivity contribution in [2.24, 2.45) is 11.0 Å². The van der Waals surface area contributed by atoms with Crippen LogP contribution < -0.4 is 15.5 Å². The van der Waals surface area contributed by atoms with E-state index in [0.29, 0.717) is 12.2 Å². The molecule has 2 aromatic rings. The van der Waals surface area contributed by atoms with Gasteiger partial charge in [0.2, 0.25) is 0 Å². The number of phenolic OH excluding ortho intramolecular Hbond substituents is 1. The molecule has 0 spiro atoms. The molecule has 3 N–H and O–H groups in total. The van der Waals surface area contributed by atoms with Crippen LogP contribution in [0.4, 0.5) is 4.39 Å². The van der Waals surface area contributed by atoms with E-state index >= 15 is 0 Å². The van der Waals surface area contributed by atoms with Crippen LogP contribution >= 0.6 is 11.6 Å². The number of benzene rings is 2. The average molecular weight is 436 g/mol. The Hall–Kier alpha value is -3.13. The fourth-order valence-electron chi connectivity index (χ4n) is 2.53. The molecule has 1 unspecified atom stereocenters. The Labute approximate surface area is 178 Å². The molecule has 2 rings (SSSR count). The number of nitrogens with one attached hydrogen (secondary N) is 2. The molecule has 0 bridgehead atoms.